The summed E-state index contributed by atoms with van der Waals surface area (Å²) >= 11 is 0. The van der Waals surface area contributed by atoms with Crippen LogP contribution in [-0.4, -0.2) is 10.9 Å². The first-order valence-corrected chi connectivity index (χ1v) is 6.15. The van der Waals surface area contributed by atoms with Crippen molar-refractivity contribution in [1.29, 1.82) is 0 Å². The van der Waals surface area contributed by atoms with Gasteiger partial charge in [0, 0.05) is 11.8 Å². The molecule has 1 amide bonds. The van der Waals surface area contributed by atoms with Crippen molar-refractivity contribution in [2.45, 2.75) is 18.8 Å². The first kappa shape index (κ1) is 11.0. The Morgan fingerprint density at radius 1 is 1.17 bits per heavy atom. The predicted octanol–water partition coefficient (Wildman–Crippen LogP) is 3.21. The Morgan fingerprint density at radius 3 is 2.67 bits per heavy atom. The Balaban J connectivity index is 1.76. The molecule has 3 rings (SSSR count). The molecule has 1 aromatic heterocycles. The second-order valence-corrected chi connectivity index (χ2v) is 4.57. The second kappa shape index (κ2) is 4.61. The van der Waals surface area contributed by atoms with E-state index in [0.717, 1.165) is 0 Å². The number of hydrogen-bond donors (Lipinski definition) is 1. The summed E-state index contributed by atoms with van der Waals surface area (Å²) in [5.74, 6) is 1.18. The summed E-state index contributed by atoms with van der Waals surface area (Å²) in [7, 11) is 0. The Morgan fingerprint density at radius 2 is 1.94 bits per heavy atom. The molecule has 0 aliphatic heterocycles. The molecule has 0 atom stereocenters. The molecule has 0 bridgehead atoms. The van der Waals surface area contributed by atoms with Crippen molar-refractivity contribution in [2.24, 2.45) is 0 Å². The Bertz CT molecular complexity index is 562. The lowest BCUT2D eigenvalue weighted by molar-refractivity contribution is 0.102. The van der Waals surface area contributed by atoms with E-state index in [1.54, 1.807) is 18.3 Å². The molecule has 0 spiro atoms. The van der Waals surface area contributed by atoms with Gasteiger partial charge >= 0.3 is 0 Å². The van der Waals surface area contributed by atoms with E-state index in [9.17, 15) is 4.79 Å². The fraction of sp³-hybridized carbons (Fsp3) is 0.200. The quantitative estimate of drug-likeness (QED) is 0.892. The number of benzene rings is 1. The van der Waals surface area contributed by atoms with Crippen LogP contribution in [0.25, 0.3) is 0 Å². The van der Waals surface area contributed by atoms with Crippen LogP contribution in [0.2, 0.25) is 0 Å². The van der Waals surface area contributed by atoms with Crippen LogP contribution < -0.4 is 5.32 Å². The van der Waals surface area contributed by atoms with Crippen LogP contribution in [0.4, 0.5) is 5.82 Å². The van der Waals surface area contributed by atoms with Crippen LogP contribution >= 0.6 is 0 Å². The van der Waals surface area contributed by atoms with Gasteiger partial charge in [-0.05, 0) is 48.6 Å². The third kappa shape index (κ3) is 2.40. The molecule has 18 heavy (non-hydrogen) atoms. The zero-order valence-corrected chi connectivity index (χ0v) is 9.97. The molecule has 0 unspecified atom stereocenters. The maximum atomic E-state index is 12.0. The van der Waals surface area contributed by atoms with Gasteiger partial charge in [-0.3, -0.25) is 4.79 Å². The van der Waals surface area contributed by atoms with E-state index in [1.807, 2.05) is 30.3 Å². The van der Waals surface area contributed by atoms with Crippen LogP contribution in [-0.2, 0) is 0 Å². The lowest BCUT2D eigenvalue weighted by Crippen LogP contribution is -2.12. The van der Waals surface area contributed by atoms with Crippen LogP contribution in [0.3, 0.4) is 0 Å². The molecule has 3 nitrogen and oxygen atoms in total. The number of carbonyl (C=O) groups excluding carboxylic acids is 1. The van der Waals surface area contributed by atoms with Crippen LogP contribution in [0, 0.1) is 0 Å². The van der Waals surface area contributed by atoms with Crippen molar-refractivity contribution in [3.63, 3.8) is 0 Å². The zero-order chi connectivity index (χ0) is 12.4. The normalized spacial score (nSPS) is 14.2. The largest absolute Gasteiger partial charge is 0.307 e. The van der Waals surface area contributed by atoms with E-state index in [2.05, 4.69) is 10.3 Å². The second-order valence-electron chi connectivity index (χ2n) is 4.57. The van der Waals surface area contributed by atoms with Crippen LogP contribution in [0.15, 0.2) is 48.7 Å². The summed E-state index contributed by atoms with van der Waals surface area (Å²) in [6, 6.07) is 13.2. The summed E-state index contributed by atoms with van der Waals surface area (Å²) in [6.45, 7) is 0. The first-order valence-electron chi connectivity index (χ1n) is 6.15. The Labute approximate surface area is 106 Å². The summed E-state index contributed by atoms with van der Waals surface area (Å²) in [5, 5.41) is 2.83. The summed E-state index contributed by atoms with van der Waals surface area (Å²) in [6.07, 6.45) is 4.25. The van der Waals surface area contributed by atoms with Gasteiger partial charge in [0.1, 0.15) is 5.82 Å². The molecule has 1 heterocycles. The maximum absolute atomic E-state index is 12.0. The minimum Gasteiger partial charge on any atom is -0.307 e. The van der Waals surface area contributed by atoms with E-state index < -0.39 is 0 Å². The molecule has 1 saturated carbocycles. The number of nitrogens with zero attached hydrogens (tertiary/aromatic N) is 1. The third-order valence-electron chi connectivity index (χ3n) is 3.11. The minimum atomic E-state index is -0.115. The van der Waals surface area contributed by atoms with Gasteiger partial charge in [-0.2, -0.15) is 0 Å². The maximum Gasteiger partial charge on any atom is 0.256 e. The predicted molar refractivity (Wildman–Crippen MR) is 70.6 cm³/mol. The van der Waals surface area contributed by atoms with E-state index >= 15 is 0 Å². The first-order chi connectivity index (χ1) is 8.83. The van der Waals surface area contributed by atoms with E-state index in [4.69, 9.17) is 0 Å². The number of pyridine rings is 1. The monoisotopic (exact) mass is 238 g/mol. The van der Waals surface area contributed by atoms with Gasteiger partial charge in [-0.1, -0.05) is 18.2 Å². The molecular weight excluding hydrogens is 224 g/mol. The molecule has 1 aliphatic carbocycles. The standard InChI is InChI=1S/C15H14N2O/c18-15(12-4-2-1-3-5-12)17-14-10-13(8-9-16-14)11-6-7-11/h1-5,8-11H,6-7H2,(H,16,17,18). The van der Waals surface area contributed by atoms with Gasteiger partial charge in [-0.25, -0.2) is 4.98 Å². The highest BCUT2D eigenvalue weighted by Crippen LogP contribution is 2.40. The summed E-state index contributed by atoms with van der Waals surface area (Å²) < 4.78 is 0. The highest BCUT2D eigenvalue weighted by molar-refractivity contribution is 6.03. The Kier molecular flexibility index (Phi) is 2.81. The number of amides is 1. The molecule has 1 N–H and O–H groups in total. The molecule has 1 aromatic carbocycles. The smallest absolute Gasteiger partial charge is 0.256 e. The number of hydrogen-bond acceptors (Lipinski definition) is 2. The summed E-state index contributed by atoms with van der Waals surface area (Å²) in [4.78, 5) is 16.1. The van der Waals surface area contributed by atoms with Gasteiger partial charge in [0.05, 0.1) is 0 Å². The van der Waals surface area contributed by atoms with Crippen LogP contribution in [0.5, 0.6) is 0 Å². The summed E-state index contributed by atoms with van der Waals surface area (Å²) in [5.41, 5.74) is 1.92. The SMILES string of the molecule is O=C(Nc1cc(C2CC2)ccn1)c1ccccc1. The van der Waals surface area contributed by atoms with Gasteiger partial charge in [0.25, 0.3) is 5.91 Å². The van der Waals surface area contributed by atoms with Crippen molar-refractivity contribution in [1.82, 2.24) is 4.98 Å². The Hall–Kier alpha value is -2.16. The number of carbonyl (C=O) groups is 1. The van der Waals surface area contributed by atoms with Gasteiger partial charge in [0.2, 0.25) is 0 Å². The van der Waals surface area contributed by atoms with Gasteiger partial charge in [0.15, 0.2) is 0 Å². The van der Waals surface area contributed by atoms with E-state index in [1.165, 1.54) is 18.4 Å². The number of aromatic nitrogens is 1. The highest BCUT2D eigenvalue weighted by atomic mass is 16.1. The lowest BCUT2D eigenvalue weighted by atomic mass is 10.1. The number of nitrogens with one attached hydrogen (secondary N) is 1. The molecule has 1 aliphatic rings. The van der Waals surface area contributed by atoms with E-state index in [0.29, 0.717) is 17.3 Å². The lowest BCUT2D eigenvalue weighted by Gasteiger charge is -2.05. The average Bonchev–Trinajstić information content (AvgIpc) is 3.24. The van der Waals surface area contributed by atoms with Crippen molar-refractivity contribution < 1.29 is 4.79 Å². The van der Waals surface area contributed by atoms with Gasteiger partial charge in [-0.15, -0.1) is 0 Å². The number of rotatable bonds is 3. The fourth-order valence-corrected chi connectivity index (χ4v) is 1.96. The molecule has 0 saturated heterocycles. The zero-order valence-electron chi connectivity index (χ0n) is 9.97. The highest BCUT2D eigenvalue weighted by Gasteiger charge is 2.23. The topological polar surface area (TPSA) is 42.0 Å². The average molecular weight is 238 g/mol. The van der Waals surface area contributed by atoms with Crippen molar-refractivity contribution in [3.8, 4) is 0 Å². The molecule has 0 radical (unpaired) electrons. The van der Waals surface area contributed by atoms with Crippen molar-refractivity contribution in [3.05, 3.63) is 59.8 Å². The minimum absolute atomic E-state index is 0.115. The van der Waals surface area contributed by atoms with Gasteiger partial charge < -0.3 is 5.32 Å². The molecule has 3 heteroatoms. The molecule has 2 aromatic rings. The molecular formula is C15H14N2O. The molecule has 90 valence electrons. The number of anilines is 1. The third-order valence-corrected chi connectivity index (χ3v) is 3.11. The van der Waals surface area contributed by atoms with E-state index in [-0.39, 0.29) is 5.91 Å². The van der Waals surface area contributed by atoms with Crippen molar-refractivity contribution in [2.75, 3.05) is 5.32 Å². The molecule has 1 fully saturated rings. The fourth-order valence-electron chi connectivity index (χ4n) is 1.96. The van der Waals surface area contributed by atoms with Crippen molar-refractivity contribution >= 4 is 11.7 Å². The van der Waals surface area contributed by atoms with Crippen LogP contribution in [0.1, 0.15) is 34.7 Å².